The molecule has 1 aliphatic heterocycles. The molecule has 0 atom stereocenters. The van der Waals surface area contributed by atoms with Crippen molar-refractivity contribution in [2.75, 3.05) is 19.8 Å². The number of benzene rings is 3. The van der Waals surface area contributed by atoms with Gasteiger partial charge in [-0.2, -0.15) is 5.10 Å². The van der Waals surface area contributed by atoms with Crippen molar-refractivity contribution in [2.24, 2.45) is 5.10 Å². The molecule has 1 heterocycles. The third-order valence-electron chi connectivity index (χ3n) is 5.18. The number of nitro groups is 1. The van der Waals surface area contributed by atoms with Crippen molar-refractivity contribution in [3.63, 3.8) is 0 Å². The Kier molecular flexibility index (Phi) is 7.97. The van der Waals surface area contributed by atoms with Crippen LogP contribution in [-0.2, 0) is 17.8 Å². The van der Waals surface area contributed by atoms with E-state index in [2.05, 4.69) is 10.5 Å². The Morgan fingerprint density at radius 2 is 1.75 bits per heavy atom. The summed E-state index contributed by atoms with van der Waals surface area (Å²) in [6, 6.07) is 16.8. The van der Waals surface area contributed by atoms with Crippen LogP contribution in [-0.4, -0.2) is 36.9 Å². The van der Waals surface area contributed by atoms with Crippen LogP contribution < -0.4 is 24.4 Å². The normalized spacial score (nSPS) is 12.2. The number of hydrogen-bond donors (Lipinski definition) is 1. The average molecular weight is 492 g/mol. The second-order valence-corrected chi connectivity index (χ2v) is 7.80. The summed E-state index contributed by atoms with van der Waals surface area (Å²) in [7, 11) is 0. The number of non-ortho nitro benzene ring substituents is 1. The number of nitrogens with zero attached hydrogens (tertiary/aromatic N) is 2. The second-order valence-electron chi connectivity index (χ2n) is 7.80. The lowest BCUT2D eigenvalue weighted by Crippen LogP contribution is -2.20. The first-order chi connectivity index (χ1) is 17.5. The quantitative estimate of drug-likeness (QED) is 0.258. The van der Waals surface area contributed by atoms with Crippen LogP contribution in [0.1, 0.15) is 23.6 Å². The third kappa shape index (κ3) is 6.50. The van der Waals surface area contributed by atoms with E-state index in [1.807, 2.05) is 13.0 Å². The number of carbonyl (C=O) groups is 1. The van der Waals surface area contributed by atoms with Crippen molar-refractivity contribution in [1.82, 2.24) is 5.43 Å². The Morgan fingerprint density at radius 1 is 1.00 bits per heavy atom. The van der Waals surface area contributed by atoms with Crippen molar-refractivity contribution in [3.05, 3.63) is 87.5 Å². The number of hydrogen-bond acceptors (Lipinski definition) is 8. The molecule has 0 aromatic heterocycles. The molecule has 0 radical (unpaired) electrons. The van der Waals surface area contributed by atoms with E-state index >= 15 is 0 Å². The number of carbonyl (C=O) groups excluding carboxylic acids is 1. The predicted molar refractivity (Wildman–Crippen MR) is 132 cm³/mol. The van der Waals surface area contributed by atoms with Gasteiger partial charge >= 0.3 is 0 Å². The summed E-state index contributed by atoms with van der Waals surface area (Å²) in [5.74, 6) is 2.08. The van der Waals surface area contributed by atoms with Crippen LogP contribution in [0.5, 0.6) is 23.0 Å². The molecular formula is C26H25N3O7. The maximum Gasteiger partial charge on any atom is 0.269 e. The highest BCUT2D eigenvalue weighted by Crippen LogP contribution is 2.31. The van der Waals surface area contributed by atoms with E-state index in [1.165, 1.54) is 18.3 Å². The molecule has 0 saturated carbocycles. The Labute approximate surface area is 207 Å². The summed E-state index contributed by atoms with van der Waals surface area (Å²) in [4.78, 5) is 22.6. The lowest BCUT2D eigenvalue weighted by molar-refractivity contribution is -0.384. The van der Waals surface area contributed by atoms with Crippen LogP contribution in [0.15, 0.2) is 65.8 Å². The van der Waals surface area contributed by atoms with Gasteiger partial charge in [-0.15, -0.1) is 0 Å². The second kappa shape index (κ2) is 11.7. The van der Waals surface area contributed by atoms with Crippen LogP contribution in [0.2, 0.25) is 0 Å². The van der Waals surface area contributed by atoms with Gasteiger partial charge in [0.25, 0.3) is 5.69 Å². The van der Waals surface area contributed by atoms with Gasteiger partial charge in [-0.3, -0.25) is 14.9 Å². The standard InChI is InChI=1S/C26H25N3O7/c1-2-33-24-14-20(6-10-23(24)36-17-18-3-7-21(8-4-18)29(31)32)16-27-28-26(30)15-19-5-9-22-25(13-19)35-12-11-34-22/h3-10,13-14,16H,2,11-12,15,17H2,1H3,(H,28,30)/b27-16+. The summed E-state index contributed by atoms with van der Waals surface area (Å²) < 4.78 is 22.6. The molecule has 0 fully saturated rings. The lowest BCUT2D eigenvalue weighted by Gasteiger charge is -2.18. The van der Waals surface area contributed by atoms with Gasteiger partial charge in [-0.25, -0.2) is 5.43 Å². The van der Waals surface area contributed by atoms with Crippen LogP contribution >= 0.6 is 0 Å². The number of rotatable bonds is 10. The Bertz CT molecular complexity index is 1260. The molecule has 1 amide bonds. The fourth-order valence-electron chi connectivity index (χ4n) is 3.47. The van der Waals surface area contributed by atoms with Gasteiger partial charge in [0.1, 0.15) is 19.8 Å². The summed E-state index contributed by atoms with van der Waals surface area (Å²) in [5.41, 5.74) is 4.83. The average Bonchev–Trinajstić information content (AvgIpc) is 2.88. The van der Waals surface area contributed by atoms with Crippen molar-refractivity contribution >= 4 is 17.8 Å². The highest BCUT2D eigenvalue weighted by molar-refractivity contribution is 5.84. The monoisotopic (exact) mass is 491 g/mol. The number of nitro benzene ring substituents is 1. The first-order valence-electron chi connectivity index (χ1n) is 11.3. The van der Waals surface area contributed by atoms with Crippen LogP contribution in [0.4, 0.5) is 5.69 Å². The molecule has 1 N–H and O–H groups in total. The minimum atomic E-state index is -0.445. The smallest absolute Gasteiger partial charge is 0.269 e. The zero-order valence-electron chi connectivity index (χ0n) is 19.6. The van der Waals surface area contributed by atoms with Gasteiger partial charge in [-0.1, -0.05) is 6.07 Å². The molecule has 0 saturated heterocycles. The topological polar surface area (TPSA) is 122 Å². The number of amides is 1. The first-order valence-corrected chi connectivity index (χ1v) is 11.3. The number of ether oxygens (including phenoxy) is 4. The molecule has 0 unspecified atom stereocenters. The van der Waals surface area contributed by atoms with E-state index in [0.717, 1.165) is 11.1 Å². The van der Waals surface area contributed by atoms with Gasteiger partial charge in [-0.05, 0) is 66.1 Å². The largest absolute Gasteiger partial charge is 0.490 e. The van der Waals surface area contributed by atoms with Crippen molar-refractivity contribution < 1.29 is 28.7 Å². The van der Waals surface area contributed by atoms with Gasteiger partial charge in [0.15, 0.2) is 23.0 Å². The molecule has 0 spiro atoms. The van der Waals surface area contributed by atoms with E-state index in [9.17, 15) is 14.9 Å². The summed E-state index contributed by atoms with van der Waals surface area (Å²) in [6.45, 7) is 3.51. The zero-order chi connectivity index (χ0) is 25.3. The van der Waals surface area contributed by atoms with Crippen molar-refractivity contribution in [1.29, 1.82) is 0 Å². The van der Waals surface area contributed by atoms with E-state index in [-0.39, 0.29) is 24.6 Å². The van der Waals surface area contributed by atoms with E-state index in [1.54, 1.807) is 42.5 Å². The third-order valence-corrected chi connectivity index (χ3v) is 5.18. The minimum Gasteiger partial charge on any atom is -0.490 e. The SMILES string of the molecule is CCOc1cc(/C=N/NC(=O)Cc2ccc3c(c2)OCCO3)ccc1OCc1ccc([N+](=O)[O-])cc1. The van der Waals surface area contributed by atoms with E-state index in [4.69, 9.17) is 18.9 Å². The van der Waals surface area contributed by atoms with Gasteiger partial charge in [0.05, 0.1) is 24.2 Å². The molecule has 0 bridgehead atoms. The Balaban J connectivity index is 1.33. The fourth-order valence-corrected chi connectivity index (χ4v) is 3.47. The van der Waals surface area contributed by atoms with Crippen molar-refractivity contribution in [2.45, 2.75) is 20.0 Å². The molecular weight excluding hydrogens is 466 g/mol. The summed E-state index contributed by atoms with van der Waals surface area (Å²) in [5, 5.41) is 14.8. The van der Waals surface area contributed by atoms with Gasteiger partial charge < -0.3 is 18.9 Å². The molecule has 186 valence electrons. The molecule has 3 aromatic carbocycles. The highest BCUT2D eigenvalue weighted by Gasteiger charge is 2.13. The zero-order valence-corrected chi connectivity index (χ0v) is 19.6. The highest BCUT2D eigenvalue weighted by atomic mass is 16.6. The first kappa shape index (κ1) is 24.5. The predicted octanol–water partition coefficient (Wildman–Crippen LogP) is 4.04. The maximum absolute atomic E-state index is 12.3. The number of nitrogens with one attached hydrogen (secondary N) is 1. The number of fused-ring (bicyclic) bond motifs is 1. The van der Waals surface area contributed by atoms with Crippen LogP contribution in [0, 0.1) is 10.1 Å². The fraction of sp³-hybridized carbons (Fsp3) is 0.231. The molecule has 36 heavy (non-hydrogen) atoms. The molecule has 0 aliphatic carbocycles. The van der Waals surface area contributed by atoms with E-state index in [0.29, 0.717) is 48.4 Å². The maximum atomic E-state index is 12.3. The molecule has 4 rings (SSSR count). The minimum absolute atomic E-state index is 0.0239. The molecule has 10 heteroatoms. The Hall–Kier alpha value is -4.60. The van der Waals surface area contributed by atoms with E-state index < -0.39 is 4.92 Å². The molecule has 3 aromatic rings. The van der Waals surface area contributed by atoms with Gasteiger partial charge in [0, 0.05) is 12.1 Å². The summed E-state index contributed by atoms with van der Waals surface area (Å²) >= 11 is 0. The molecule has 1 aliphatic rings. The summed E-state index contributed by atoms with van der Waals surface area (Å²) in [6.07, 6.45) is 1.66. The lowest BCUT2D eigenvalue weighted by atomic mass is 10.1. The Morgan fingerprint density at radius 3 is 2.50 bits per heavy atom. The van der Waals surface area contributed by atoms with Crippen molar-refractivity contribution in [3.8, 4) is 23.0 Å². The van der Waals surface area contributed by atoms with Crippen LogP contribution in [0.3, 0.4) is 0 Å². The number of hydrazone groups is 1. The molecule has 10 nitrogen and oxygen atoms in total. The van der Waals surface area contributed by atoms with Crippen LogP contribution in [0.25, 0.3) is 0 Å². The van der Waals surface area contributed by atoms with Gasteiger partial charge in [0.2, 0.25) is 5.91 Å².